The minimum Gasteiger partial charge on any atom is -0.493 e. The van der Waals surface area contributed by atoms with Gasteiger partial charge in [0, 0.05) is 12.1 Å². The number of hydrogen-bond donors (Lipinski definition) is 1. The first-order valence-corrected chi connectivity index (χ1v) is 7.86. The summed E-state index contributed by atoms with van der Waals surface area (Å²) in [4.78, 5) is 24.8. The minimum atomic E-state index is -3.10. The standard InChI is InChI=1S/C16H15F2NO5S/c1-8-4-5-25-13(8)14(20)19-10-7-12(24-16(17)18)11(22-2)6-9(10)15(21)23-3/h4-7,16H,1-3H3,(H,19,20). The summed E-state index contributed by atoms with van der Waals surface area (Å²) in [6.07, 6.45) is 0. The Morgan fingerprint density at radius 2 is 1.92 bits per heavy atom. The number of thiophene rings is 1. The molecule has 0 radical (unpaired) electrons. The van der Waals surface area contributed by atoms with Crippen LogP contribution in [-0.2, 0) is 4.74 Å². The number of anilines is 1. The fourth-order valence-corrected chi connectivity index (χ4v) is 2.89. The molecule has 0 aliphatic rings. The van der Waals surface area contributed by atoms with Gasteiger partial charge in [-0.3, -0.25) is 4.79 Å². The molecule has 0 saturated heterocycles. The summed E-state index contributed by atoms with van der Waals surface area (Å²) >= 11 is 1.22. The van der Waals surface area contributed by atoms with Crippen LogP contribution < -0.4 is 14.8 Å². The number of hydrogen-bond acceptors (Lipinski definition) is 6. The van der Waals surface area contributed by atoms with Gasteiger partial charge in [0.1, 0.15) is 0 Å². The molecule has 1 heterocycles. The van der Waals surface area contributed by atoms with Gasteiger partial charge in [-0.15, -0.1) is 11.3 Å². The molecule has 0 aliphatic carbocycles. The molecular weight excluding hydrogens is 356 g/mol. The second-order valence-corrected chi connectivity index (χ2v) is 5.72. The van der Waals surface area contributed by atoms with Gasteiger partial charge in [0.05, 0.1) is 30.3 Å². The number of rotatable bonds is 6. The summed E-state index contributed by atoms with van der Waals surface area (Å²) in [6.45, 7) is -1.34. The van der Waals surface area contributed by atoms with E-state index in [0.717, 1.165) is 18.7 Å². The smallest absolute Gasteiger partial charge is 0.387 e. The monoisotopic (exact) mass is 371 g/mol. The van der Waals surface area contributed by atoms with Gasteiger partial charge in [0.2, 0.25) is 0 Å². The highest BCUT2D eigenvalue weighted by molar-refractivity contribution is 7.12. The molecule has 0 saturated carbocycles. The maximum Gasteiger partial charge on any atom is 0.387 e. The summed E-state index contributed by atoms with van der Waals surface area (Å²) in [5.74, 6) is -1.65. The molecule has 25 heavy (non-hydrogen) atoms. The van der Waals surface area contributed by atoms with E-state index in [1.165, 1.54) is 24.5 Å². The number of carbonyl (C=O) groups excluding carboxylic acids is 2. The fourth-order valence-electron chi connectivity index (χ4n) is 2.07. The quantitative estimate of drug-likeness (QED) is 0.784. The number of carbonyl (C=O) groups is 2. The molecule has 0 bridgehead atoms. The van der Waals surface area contributed by atoms with Crippen LogP contribution in [0.1, 0.15) is 25.6 Å². The Balaban J connectivity index is 2.47. The zero-order chi connectivity index (χ0) is 18.6. The number of amides is 1. The summed E-state index contributed by atoms with van der Waals surface area (Å²) in [5.41, 5.74) is 0.671. The molecule has 1 aromatic carbocycles. The lowest BCUT2D eigenvalue weighted by Crippen LogP contribution is -2.16. The van der Waals surface area contributed by atoms with Crippen molar-refractivity contribution in [2.24, 2.45) is 0 Å². The highest BCUT2D eigenvalue weighted by Crippen LogP contribution is 2.35. The van der Waals surface area contributed by atoms with Crippen molar-refractivity contribution in [2.75, 3.05) is 19.5 Å². The van der Waals surface area contributed by atoms with Gasteiger partial charge >= 0.3 is 12.6 Å². The molecule has 2 rings (SSSR count). The van der Waals surface area contributed by atoms with Gasteiger partial charge in [-0.2, -0.15) is 8.78 Å². The van der Waals surface area contributed by atoms with Crippen LogP contribution in [0.2, 0.25) is 0 Å². The maximum absolute atomic E-state index is 12.6. The third-order valence-electron chi connectivity index (χ3n) is 3.24. The lowest BCUT2D eigenvalue weighted by Gasteiger charge is -2.15. The average Bonchev–Trinajstić information content (AvgIpc) is 3.00. The number of esters is 1. The zero-order valence-electron chi connectivity index (χ0n) is 13.6. The number of benzene rings is 1. The van der Waals surface area contributed by atoms with Gasteiger partial charge in [0.25, 0.3) is 5.91 Å². The summed E-state index contributed by atoms with van der Waals surface area (Å²) < 4.78 is 39.2. The molecule has 1 N–H and O–H groups in total. The SMILES string of the molecule is COC(=O)c1cc(OC)c(OC(F)F)cc1NC(=O)c1sccc1C. The Bertz CT molecular complexity index is 791. The topological polar surface area (TPSA) is 73.9 Å². The number of aryl methyl sites for hydroxylation is 1. The van der Waals surface area contributed by atoms with E-state index in [9.17, 15) is 18.4 Å². The van der Waals surface area contributed by atoms with Gasteiger partial charge in [-0.25, -0.2) is 4.79 Å². The first kappa shape index (κ1) is 18.7. The van der Waals surface area contributed by atoms with Crippen LogP contribution in [0.4, 0.5) is 14.5 Å². The van der Waals surface area contributed by atoms with Crippen molar-refractivity contribution in [3.05, 3.63) is 39.6 Å². The van der Waals surface area contributed by atoms with E-state index in [4.69, 9.17) is 4.74 Å². The molecule has 9 heteroatoms. The molecule has 0 unspecified atom stereocenters. The predicted octanol–water partition coefficient (Wildman–Crippen LogP) is 3.71. The minimum absolute atomic E-state index is 0.0268. The highest BCUT2D eigenvalue weighted by atomic mass is 32.1. The lowest BCUT2D eigenvalue weighted by molar-refractivity contribution is -0.0511. The average molecular weight is 371 g/mol. The van der Waals surface area contributed by atoms with E-state index >= 15 is 0 Å². The van der Waals surface area contributed by atoms with E-state index in [2.05, 4.69) is 14.8 Å². The van der Waals surface area contributed by atoms with Crippen LogP contribution in [0.15, 0.2) is 23.6 Å². The molecule has 1 aromatic heterocycles. The first-order chi connectivity index (χ1) is 11.9. The molecule has 1 amide bonds. The molecule has 6 nitrogen and oxygen atoms in total. The molecule has 0 atom stereocenters. The van der Waals surface area contributed by atoms with Crippen molar-refractivity contribution in [3.8, 4) is 11.5 Å². The van der Waals surface area contributed by atoms with Crippen molar-refractivity contribution < 1.29 is 32.6 Å². The Labute approximate surface area is 146 Å². The molecular formula is C16H15F2NO5S. The normalized spacial score (nSPS) is 10.5. The number of methoxy groups -OCH3 is 2. The fraction of sp³-hybridized carbons (Fsp3) is 0.250. The zero-order valence-corrected chi connectivity index (χ0v) is 14.4. The highest BCUT2D eigenvalue weighted by Gasteiger charge is 2.22. The van der Waals surface area contributed by atoms with Crippen LogP contribution in [0.5, 0.6) is 11.5 Å². The van der Waals surface area contributed by atoms with E-state index in [0.29, 0.717) is 4.88 Å². The Hall–Kier alpha value is -2.68. The Morgan fingerprint density at radius 3 is 2.44 bits per heavy atom. The van der Waals surface area contributed by atoms with Crippen molar-refractivity contribution in [1.82, 2.24) is 0 Å². The van der Waals surface area contributed by atoms with Crippen LogP contribution in [0, 0.1) is 6.92 Å². The largest absolute Gasteiger partial charge is 0.493 e. The Morgan fingerprint density at radius 1 is 1.20 bits per heavy atom. The van der Waals surface area contributed by atoms with Gasteiger partial charge in [0.15, 0.2) is 11.5 Å². The Kier molecular flexibility index (Phi) is 5.92. The van der Waals surface area contributed by atoms with E-state index in [1.807, 2.05) is 0 Å². The van der Waals surface area contributed by atoms with Crippen LogP contribution >= 0.6 is 11.3 Å². The van der Waals surface area contributed by atoms with E-state index < -0.39 is 18.5 Å². The molecule has 134 valence electrons. The van der Waals surface area contributed by atoms with Crippen LogP contribution in [0.25, 0.3) is 0 Å². The first-order valence-electron chi connectivity index (χ1n) is 6.98. The molecule has 2 aromatic rings. The molecule has 0 aliphatic heterocycles. The van der Waals surface area contributed by atoms with Gasteiger partial charge in [-0.1, -0.05) is 0 Å². The number of halogens is 2. The van der Waals surface area contributed by atoms with Crippen molar-refractivity contribution in [3.63, 3.8) is 0 Å². The van der Waals surface area contributed by atoms with Crippen LogP contribution in [0.3, 0.4) is 0 Å². The second kappa shape index (κ2) is 7.93. The van der Waals surface area contributed by atoms with Crippen LogP contribution in [-0.4, -0.2) is 32.7 Å². The maximum atomic E-state index is 12.6. The molecule has 0 spiro atoms. The third-order valence-corrected chi connectivity index (χ3v) is 4.26. The third kappa shape index (κ3) is 4.24. The van der Waals surface area contributed by atoms with Crippen molar-refractivity contribution in [2.45, 2.75) is 13.5 Å². The predicted molar refractivity (Wildman–Crippen MR) is 88.0 cm³/mol. The van der Waals surface area contributed by atoms with E-state index in [1.54, 1.807) is 18.4 Å². The number of alkyl halides is 2. The number of ether oxygens (including phenoxy) is 3. The van der Waals surface area contributed by atoms with Crippen molar-refractivity contribution in [1.29, 1.82) is 0 Å². The molecule has 0 fully saturated rings. The lowest BCUT2D eigenvalue weighted by atomic mass is 10.1. The van der Waals surface area contributed by atoms with Gasteiger partial charge < -0.3 is 19.5 Å². The van der Waals surface area contributed by atoms with Crippen molar-refractivity contribution >= 4 is 28.9 Å². The summed E-state index contributed by atoms with van der Waals surface area (Å²) in [5, 5.41) is 4.27. The summed E-state index contributed by atoms with van der Waals surface area (Å²) in [7, 11) is 2.40. The number of nitrogens with one attached hydrogen (secondary N) is 1. The summed E-state index contributed by atoms with van der Waals surface area (Å²) in [6, 6.07) is 4.03. The second-order valence-electron chi connectivity index (χ2n) is 4.81. The van der Waals surface area contributed by atoms with Gasteiger partial charge in [-0.05, 0) is 23.9 Å². The van der Waals surface area contributed by atoms with E-state index in [-0.39, 0.29) is 22.7 Å².